The average Bonchev–Trinajstić information content (AvgIpc) is 2.38. The third-order valence-electron chi connectivity index (χ3n) is 3.12. The Labute approximate surface area is 127 Å². The van der Waals surface area contributed by atoms with Gasteiger partial charge >= 0.3 is 11.9 Å². The summed E-state index contributed by atoms with van der Waals surface area (Å²) in [5, 5.41) is 0. The number of esters is 2. The molecule has 1 rings (SSSR count). The first-order valence-corrected chi connectivity index (χ1v) is 6.89. The zero-order chi connectivity index (χ0) is 17.0. The van der Waals surface area contributed by atoms with E-state index in [-0.39, 0.29) is 35.7 Å². The van der Waals surface area contributed by atoms with Gasteiger partial charge in [0, 0.05) is 18.3 Å². The van der Waals surface area contributed by atoms with E-state index in [0.717, 1.165) is 4.57 Å². The van der Waals surface area contributed by atoms with Crippen molar-refractivity contribution in [3.05, 3.63) is 32.7 Å². The molecule has 0 aliphatic heterocycles. The molecule has 0 bridgehead atoms. The van der Waals surface area contributed by atoms with E-state index in [4.69, 9.17) is 9.47 Å². The number of aromatic nitrogens is 1. The van der Waals surface area contributed by atoms with Crippen LogP contribution in [-0.4, -0.2) is 35.6 Å². The second kappa shape index (κ2) is 7.02. The van der Waals surface area contributed by atoms with Crippen LogP contribution < -0.4 is 5.43 Å². The molecule has 0 saturated heterocycles. The molecule has 0 radical (unpaired) electrons. The summed E-state index contributed by atoms with van der Waals surface area (Å²) in [6.45, 7) is 7.51. The number of hydrogen-bond acceptors (Lipinski definition) is 6. The lowest BCUT2D eigenvalue weighted by molar-refractivity contribution is 0.0519. The number of hydrogen-bond donors (Lipinski definition) is 0. The van der Waals surface area contributed by atoms with Crippen LogP contribution in [-0.2, 0) is 9.47 Å². The molecule has 7 nitrogen and oxygen atoms in total. The van der Waals surface area contributed by atoms with Crippen molar-refractivity contribution in [1.29, 1.82) is 0 Å². The number of rotatable bonds is 4. The van der Waals surface area contributed by atoms with Crippen molar-refractivity contribution >= 4 is 17.8 Å². The lowest BCUT2D eigenvalue weighted by Crippen LogP contribution is -2.33. The van der Waals surface area contributed by atoms with Crippen LogP contribution in [0.1, 0.15) is 57.7 Å². The fourth-order valence-corrected chi connectivity index (χ4v) is 2.29. The Hall–Kier alpha value is -2.44. The minimum Gasteiger partial charge on any atom is -0.462 e. The molecule has 0 atom stereocenters. The smallest absolute Gasteiger partial charge is 0.343 e. The average molecular weight is 309 g/mol. The molecule has 0 aliphatic carbocycles. The van der Waals surface area contributed by atoms with Gasteiger partial charge < -0.3 is 9.47 Å². The number of pyridine rings is 1. The molecule has 0 fully saturated rings. The summed E-state index contributed by atoms with van der Waals surface area (Å²) in [4.78, 5) is 48.3. The maximum absolute atomic E-state index is 12.5. The minimum atomic E-state index is -0.870. The fraction of sp³-hybridized carbons (Fsp3) is 0.467. The Balaban J connectivity index is 3.79. The highest BCUT2D eigenvalue weighted by atomic mass is 16.5. The maximum atomic E-state index is 12.5. The standard InChI is InChI=1S/C15H19NO6/c1-6-21-14(19)11-8(3)16(10(5)17)9(4)12(13(11)18)15(20)22-7-2/h6-7H2,1-5H3. The third-order valence-corrected chi connectivity index (χ3v) is 3.12. The Morgan fingerprint density at radius 2 is 1.27 bits per heavy atom. The first-order valence-electron chi connectivity index (χ1n) is 6.89. The molecular weight excluding hydrogens is 290 g/mol. The highest BCUT2D eigenvalue weighted by Crippen LogP contribution is 2.14. The van der Waals surface area contributed by atoms with Gasteiger partial charge in [0.1, 0.15) is 11.1 Å². The van der Waals surface area contributed by atoms with Crippen LogP contribution >= 0.6 is 0 Å². The lowest BCUT2D eigenvalue weighted by Gasteiger charge is -2.17. The zero-order valence-corrected chi connectivity index (χ0v) is 13.3. The van der Waals surface area contributed by atoms with E-state index in [9.17, 15) is 19.2 Å². The van der Waals surface area contributed by atoms with Crippen molar-refractivity contribution in [3.63, 3.8) is 0 Å². The van der Waals surface area contributed by atoms with Crippen LogP contribution in [0.3, 0.4) is 0 Å². The van der Waals surface area contributed by atoms with E-state index in [2.05, 4.69) is 0 Å². The van der Waals surface area contributed by atoms with Gasteiger partial charge in [0.25, 0.3) is 0 Å². The molecule has 7 heteroatoms. The number of carbonyl (C=O) groups excluding carboxylic acids is 3. The van der Waals surface area contributed by atoms with E-state index in [0.29, 0.717) is 0 Å². The molecule has 1 heterocycles. The van der Waals surface area contributed by atoms with Crippen molar-refractivity contribution in [2.75, 3.05) is 13.2 Å². The second-order valence-electron chi connectivity index (χ2n) is 4.55. The van der Waals surface area contributed by atoms with Gasteiger partial charge in [-0.25, -0.2) is 9.59 Å². The van der Waals surface area contributed by atoms with Crippen LogP contribution in [0.4, 0.5) is 0 Å². The first kappa shape index (κ1) is 17.6. The van der Waals surface area contributed by atoms with Crippen LogP contribution in [0.25, 0.3) is 0 Å². The summed E-state index contributed by atoms with van der Waals surface area (Å²) in [6.07, 6.45) is 0. The molecule has 1 aromatic heterocycles. The Kier molecular flexibility index (Phi) is 5.62. The predicted octanol–water partition coefficient (Wildman–Crippen LogP) is 1.48. The lowest BCUT2D eigenvalue weighted by atomic mass is 10.1. The van der Waals surface area contributed by atoms with Gasteiger partial charge in [-0.2, -0.15) is 0 Å². The van der Waals surface area contributed by atoms with Gasteiger partial charge in [-0.15, -0.1) is 0 Å². The SMILES string of the molecule is CCOC(=O)c1c(C)n(C(C)=O)c(C)c(C(=O)OCC)c1=O. The Bertz CT molecular complexity index is 638. The van der Waals surface area contributed by atoms with Gasteiger partial charge in [0.15, 0.2) is 0 Å². The van der Waals surface area contributed by atoms with Gasteiger partial charge in [-0.1, -0.05) is 0 Å². The van der Waals surface area contributed by atoms with E-state index in [1.54, 1.807) is 13.8 Å². The summed E-state index contributed by atoms with van der Waals surface area (Å²) in [7, 11) is 0. The molecule has 0 spiro atoms. The molecule has 0 saturated carbocycles. The molecule has 0 amide bonds. The van der Waals surface area contributed by atoms with Crippen molar-refractivity contribution in [1.82, 2.24) is 4.57 Å². The topological polar surface area (TPSA) is 91.7 Å². The normalized spacial score (nSPS) is 10.2. The van der Waals surface area contributed by atoms with Crippen LogP contribution in [0, 0.1) is 13.8 Å². The molecule has 1 aromatic rings. The number of ether oxygens (including phenoxy) is 2. The highest BCUT2D eigenvalue weighted by molar-refractivity contribution is 5.98. The summed E-state index contributed by atoms with van der Waals surface area (Å²) in [5.74, 6) is -2.16. The molecule has 0 aliphatic rings. The van der Waals surface area contributed by atoms with Crippen LogP contribution in [0.15, 0.2) is 4.79 Å². The highest BCUT2D eigenvalue weighted by Gasteiger charge is 2.28. The maximum Gasteiger partial charge on any atom is 0.343 e. The van der Waals surface area contributed by atoms with Crippen molar-refractivity contribution in [2.45, 2.75) is 34.6 Å². The van der Waals surface area contributed by atoms with Gasteiger partial charge in [-0.3, -0.25) is 14.2 Å². The van der Waals surface area contributed by atoms with E-state index in [1.165, 1.54) is 20.8 Å². The van der Waals surface area contributed by atoms with Gasteiger partial charge in [-0.05, 0) is 27.7 Å². The van der Waals surface area contributed by atoms with Gasteiger partial charge in [0.05, 0.1) is 13.2 Å². The molecule has 0 N–H and O–H groups in total. The molecular formula is C15H19NO6. The summed E-state index contributed by atoms with van der Waals surface area (Å²) < 4.78 is 10.8. The molecule has 120 valence electrons. The monoisotopic (exact) mass is 309 g/mol. The fourth-order valence-electron chi connectivity index (χ4n) is 2.29. The Morgan fingerprint density at radius 3 is 1.55 bits per heavy atom. The summed E-state index contributed by atoms with van der Waals surface area (Å²) >= 11 is 0. The molecule has 22 heavy (non-hydrogen) atoms. The summed E-state index contributed by atoms with van der Waals surface area (Å²) in [6, 6.07) is 0. The largest absolute Gasteiger partial charge is 0.462 e. The molecule has 0 aromatic carbocycles. The van der Waals surface area contributed by atoms with Crippen LogP contribution in [0.5, 0.6) is 0 Å². The van der Waals surface area contributed by atoms with E-state index in [1.807, 2.05) is 0 Å². The van der Waals surface area contributed by atoms with Gasteiger partial charge in [0.2, 0.25) is 11.3 Å². The third kappa shape index (κ3) is 3.08. The predicted molar refractivity (Wildman–Crippen MR) is 78.4 cm³/mol. The number of nitrogens with zero attached hydrogens (tertiary/aromatic N) is 1. The van der Waals surface area contributed by atoms with E-state index >= 15 is 0 Å². The molecule has 0 unspecified atom stereocenters. The van der Waals surface area contributed by atoms with Crippen molar-refractivity contribution in [3.8, 4) is 0 Å². The number of carbonyl (C=O) groups is 3. The summed E-state index contributed by atoms with van der Waals surface area (Å²) in [5.41, 5.74) is -1.16. The second-order valence-corrected chi connectivity index (χ2v) is 4.55. The van der Waals surface area contributed by atoms with E-state index < -0.39 is 23.3 Å². The van der Waals surface area contributed by atoms with Crippen molar-refractivity contribution in [2.24, 2.45) is 0 Å². The quantitative estimate of drug-likeness (QED) is 0.782. The Morgan fingerprint density at radius 1 is 0.909 bits per heavy atom. The van der Waals surface area contributed by atoms with Crippen molar-refractivity contribution < 1.29 is 23.9 Å². The first-order chi connectivity index (χ1) is 10.3. The zero-order valence-electron chi connectivity index (χ0n) is 13.3. The van der Waals surface area contributed by atoms with Crippen LogP contribution in [0.2, 0.25) is 0 Å². The minimum absolute atomic E-state index is 0.0698.